The van der Waals surface area contributed by atoms with E-state index >= 15 is 0 Å². The van der Waals surface area contributed by atoms with Crippen LogP contribution in [0.1, 0.15) is 29.4 Å². The first-order chi connectivity index (χ1) is 10.3. The second-order valence-electron chi connectivity index (χ2n) is 5.00. The monoisotopic (exact) mass is 287 g/mol. The number of anilines is 1. The Morgan fingerprint density at radius 3 is 2.95 bits per heavy atom. The molecule has 2 aromatic heterocycles. The molecular formula is C14H17N5O2. The van der Waals surface area contributed by atoms with Gasteiger partial charge in [-0.1, -0.05) is 0 Å². The molecule has 0 aliphatic carbocycles. The van der Waals surface area contributed by atoms with Crippen molar-refractivity contribution in [2.24, 2.45) is 0 Å². The number of carbonyl (C=O) groups is 1. The van der Waals surface area contributed by atoms with Crippen molar-refractivity contribution in [2.45, 2.75) is 18.9 Å². The van der Waals surface area contributed by atoms with E-state index in [9.17, 15) is 4.79 Å². The second-order valence-corrected chi connectivity index (χ2v) is 5.00. The average molecular weight is 287 g/mol. The third-order valence-corrected chi connectivity index (χ3v) is 3.66. The lowest BCUT2D eigenvalue weighted by Gasteiger charge is -2.33. The van der Waals surface area contributed by atoms with E-state index in [2.05, 4.69) is 24.9 Å². The van der Waals surface area contributed by atoms with Crippen LogP contribution in [0.5, 0.6) is 0 Å². The van der Waals surface area contributed by atoms with Crippen molar-refractivity contribution in [3.8, 4) is 0 Å². The number of carbonyl (C=O) groups excluding carboxylic acids is 1. The summed E-state index contributed by atoms with van der Waals surface area (Å²) in [7, 11) is 1.33. The molecule has 7 heteroatoms. The summed E-state index contributed by atoms with van der Waals surface area (Å²) < 4.78 is 6.61. The lowest BCUT2D eigenvalue weighted by Crippen LogP contribution is -2.37. The Kier molecular flexibility index (Phi) is 3.81. The molecule has 0 N–H and O–H groups in total. The largest absolute Gasteiger partial charge is 0.464 e. The zero-order valence-electron chi connectivity index (χ0n) is 11.8. The summed E-state index contributed by atoms with van der Waals surface area (Å²) in [5, 5.41) is 12.4. The number of aromatic nitrogens is 4. The van der Waals surface area contributed by atoms with E-state index in [-0.39, 0.29) is 5.69 Å². The first-order valence-corrected chi connectivity index (χ1v) is 6.94. The summed E-state index contributed by atoms with van der Waals surface area (Å²) in [4.78, 5) is 13.5. The average Bonchev–Trinajstić information content (AvgIpc) is 3.09. The molecule has 0 bridgehead atoms. The zero-order valence-corrected chi connectivity index (χ0v) is 11.8. The minimum Gasteiger partial charge on any atom is -0.464 e. The van der Waals surface area contributed by atoms with Crippen molar-refractivity contribution in [1.29, 1.82) is 0 Å². The van der Waals surface area contributed by atoms with Crippen molar-refractivity contribution in [1.82, 2.24) is 20.0 Å². The van der Waals surface area contributed by atoms with Gasteiger partial charge in [-0.15, -0.1) is 10.2 Å². The standard InChI is InChI=1S/C14H17N5O2/c1-21-14(20)12-5-6-13(17-16-12)18-8-2-4-11(10-18)19-9-3-7-15-19/h3,5-7,9,11H,2,4,8,10H2,1H3. The molecule has 1 aliphatic rings. The van der Waals surface area contributed by atoms with Crippen LogP contribution in [-0.4, -0.2) is 46.1 Å². The highest BCUT2D eigenvalue weighted by Crippen LogP contribution is 2.24. The SMILES string of the molecule is COC(=O)c1ccc(N2CCCC(n3cccn3)C2)nn1. The molecule has 3 heterocycles. The van der Waals surface area contributed by atoms with Gasteiger partial charge in [0.05, 0.1) is 13.2 Å². The van der Waals surface area contributed by atoms with Crippen molar-refractivity contribution in [3.05, 3.63) is 36.3 Å². The van der Waals surface area contributed by atoms with Crippen molar-refractivity contribution >= 4 is 11.8 Å². The van der Waals surface area contributed by atoms with Crippen LogP contribution in [-0.2, 0) is 4.74 Å². The molecule has 1 saturated heterocycles. The molecule has 2 aromatic rings. The van der Waals surface area contributed by atoms with Crippen LogP contribution in [0, 0.1) is 0 Å². The molecule has 3 rings (SSSR count). The van der Waals surface area contributed by atoms with Gasteiger partial charge in [0.25, 0.3) is 0 Å². The highest BCUT2D eigenvalue weighted by Gasteiger charge is 2.23. The van der Waals surface area contributed by atoms with Gasteiger partial charge >= 0.3 is 5.97 Å². The van der Waals surface area contributed by atoms with Gasteiger partial charge in [-0.25, -0.2) is 4.79 Å². The summed E-state index contributed by atoms with van der Waals surface area (Å²) in [6.45, 7) is 1.78. The molecular weight excluding hydrogens is 270 g/mol. The van der Waals surface area contributed by atoms with Gasteiger partial charge in [0.1, 0.15) is 0 Å². The smallest absolute Gasteiger partial charge is 0.358 e. The molecule has 0 amide bonds. The van der Waals surface area contributed by atoms with E-state index in [1.807, 2.05) is 23.0 Å². The van der Waals surface area contributed by atoms with Crippen molar-refractivity contribution in [3.63, 3.8) is 0 Å². The number of ether oxygens (including phenoxy) is 1. The van der Waals surface area contributed by atoms with Gasteiger partial charge in [-0.3, -0.25) is 4.68 Å². The van der Waals surface area contributed by atoms with Crippen LogP contribution in [0.4, 0.5) is 5.82 Å². The first kappa shape index (κ1) is 13.5. The van der Waals surface area contributed by atoms with Crippen LogP contribution in [0.15, 0.2) is 30.6 Å². The Labute approximate surface area is 122 Å². The predicted molar refractivity (Wildman–Crippen MR) is 76.1 cm³/mol. The molecule has 0 aromatic carbocycles. The van der Waals surface area contributed by atoms with Crippen LogP contribution >= 0.6 is 0 Å². The van der Waals surface area contributed by atoms with Gasteiger partial charge in [0, 0.05) is 25.5 Å². The summed E-state index contributed by atoms with van der Waals surface area (Å²) in [5.74, 6) is 0.307. The van der Waals surface area contributed by atoms with Gasteiger partial charge in [-0.2, -0.15) is 5.10 Å². The molecule has 21 heavy (non-hydrogen) atoms. The van der Waals surface area contributed by atoms with E-state index in [0.29, 0.717) is 6.04 Å². The van der Waals surface area contributed by atoms with Crippen molar-refractivity contribution in [2.75, 3.05) is 25.1 Å². The number of nitrogens with zero attached hydrogens (tertiary/aromatic N) is 5. The van der Waals surface area contributed by atoms with Crippen LogP contribution in [0.3, 0.4) is 0 Å². The number of rotatable bonds is 3. The molecule has 1 fully saturated rings. The fourth-order valence-electron chi connectivity index (χ4n) is 2.58. The van der Waals surface area contributed by atoms with Gasteiger partial charge in [0.15, 0.2) is 11.5 Å². The van der Waals surface area contributed by atoms with E-state index in [4.69, 9.17) is 0 Å². The molecule has 1 unspecified atom stereocenters. The summed E-state index contributed by atoms with van der Waals surface area (Å²) in [6, 6.07) is 5.73. The van der Waals surface area contributed by atoms with E-state index in [1.165, 1.54) is 7.11 Å². The summed E-state index contributed by atoms with van der Waals surface area (Å²) in [5.41, 5.74) is 0.224. The van der Waals surface area contributed by atoms with Gasteiger partial charge in [-0.05, 0) is 31.0 Å². The summed E-state index contributed by atoms with van der Waals surface area (Å²) in [6.07, 6.45) is 5.96. The molecule has 110 valence electrons. The van der Waals surface area contributed by atoms with Crippen molar-refractivity contribution < 1.29 is 9.53 Å². The molecule has 0 spiro atoms. The molecule has 7 nitrogen and oxygen atoms in total. The van der Waals surface area contributed by atoms with E-state index < -0.39 is 5.97 Å². The minimum atomic E-state index is -0.470. The normalized spacial score (nSPS) is 18.5. The highest BCUT2D eigenvalue weighted by atomic mass is 16.5. The van der Waals surface area contributed by atoms with Gasteiger partial charge in [0.2, 0.25) is 0 Å². The third-order valence-electron chi connectivity index (χ3n) is 3.66. The maximum Gasteiger partial charge on any atom is 0.358 e. The number of methoxy groups -OCH3 is 1. The molecule has 1 aliphatic heterocycles. The topological polar surface area (TPSA) is 73.1 Å². The van der Waals surface area contributed by atoms with E-state index in [0.717, 1.165) is 31.7 Å². The lowest BCUT2D eigenvalue weighted by atomic mass is 10.1. The Hall–Kier alpha value is -2.44. The molecule has 0 saturated carbocycles. The first-order valence-electron chi connectivity index (χ1n) is 6.94. The molecule has 0 radical (unpaired) electrons. The summed E-state index contributed by atoms with van der Waals surface area (Å²) >= 11 is 0. The predicted octanol–water partition coefficient (Wildman–Crippen LogP) is 1.30. The second kappa shape index (κ2) is 5.90. The third kappa shape index (κ3) is 2.86. The van der Waals surface area contributed by atoms with Crippen LogP contribution in [0.2, 0.25) is 0 Å². The molecule has 1 atom stereocenters. The Balaban J connectivity index is 1.73. The quantitative estimate of drug-likeness (QED) is 0.792. The highest BCUT2D eigenvalue weighted by molar-refractivity contribution is 5.86. The van der Waals surface area contributed by atoms with Gasteiger partial charge < -0.3 is 9.64 Å². The van der Waals surface area contributed by atoms with Crippen LogP contribution < -0.4 is 4.90 Å². The number of hydrogen-bond donors (Lipinski definition) is 0. The Morgan fingerprint density at radius 2 is 2.29 bits per heavy atom. The maximum absolute atomic E-state index is 11.4. The van der Waals surface area contributed by atoms with E-state index in [1.54, 1.807) is 12.3 Å². The number of piperidine rings is 1. The Bertz CT molecular complexity index is 596. The number of hydrogen-bond acceptors (Lipinski definition) is 6. The number of esters is 1. The minimum absolute atomic E-state index is 0.224. The fourth-order valence-corrected chi connectivity index (χ4v) is 2.58. The maximum atomic E-state index is 11.4. The Morgan fingerprint density at radius 1 is 1.38 bits per heavy atom. The zero-order chi connectivity index (χ0) is 14.7. The van der Waals surface area contributed by atoms with Crippen LogP contribution in [0.25, 0.3) is 0 Å². The fraction of sp³-hybridized carbons (Fsp3) is 0.429. The lowest BCUT2D eigenvalue weighted by molar-refractivity contribution is 0.0592.